The normalized spacial score (nSPS) is 48.0. The number of aliphatic hydroxyl groups is 1. The monoisotopic (exact) mass is 524 g/mol. The van der Waals surface area contributed by atoms with Gasteiger partial charge in [0.05, 0.1) is 10.4 Å². The van der Waals surface area contributed by atoms with Crippen molar-refractivity contribution in [3.63, 3.8) is 0 Å². The zero-order valence-electron chi connectivity index (χ0n) is 22.0. The predicted octanol–water partition coefficient (Wildman–Crippen LogP) is 7.53. The number of rotatable bonds is 6. The van der Waals surface area contributed by atoms with Gasteiger partial charge in [0.25, 0.3) is 0 Å². The van der Waals surface area contributed by atoms with Crippen molar-refractivity contribution in [3.8, 4) is 0 Å². The van der Waals surface area contributed by atoms with Crippen LogP contribution in [-0.2, 0) is 9.53 Å². The second kappa shape index (κ2) is 9.41. The summed E-state index contributed by atoms with van der Waals surface area (Å²) < 4.78 is 5.29. The fourth-order valence-electron chi connectivity index (χ4n) is 9.56. The molecule has 0 aromatic heterocycles. The number of hydrogen-bond donors (Lipinski definition) is 1. The molecule has 0 amide bonds. The third kappa shape index (κ3) is 4.36. The Morgan fingerprint density at radius 3 is 2.45 bits per heavy atom. The number of hydrogen-bond acceptors (Lipinski definition) is 3. The maximum absolute atomic E-state index is 11.6. The van der Waals surface area contributed by atoms with E-state index in [2.05, 4.69) is 50.5 Å². The van der Waals surface area contributed by atoms with Crippen molar-refractivity contribution >= 4 is 21.9 Å². The first-order valence-corrected chi connectivity index (χ1v) is 14.8. The lowest BCUT2D eigenvalue weighted by atomic mass is 9.43. The van der Waals surface area contributed by atoms with Gasteiger partial charge in [0.15, 0.2) is 0 Å². The molecule has 0 aromatic rings. The SMILES string of the molecule is CC(=O)O[C@H]1CC[C@]2(C)[C@@H]3CC[C@]4(C)C([C@@H](C)CCCC(C)C)CC[C@@H]4[C@@H]3C[C@@H](O)[C@]2(Br)C1. The second-order valence-corrected chi connectivity index (χ2v) is 14.8. The number of esters is 1. The van der Waals surface area contributed by atoms with E-state index in [4.69, 9.17) is 4.74 Å². The molecule has 4 aliphatic carbocycles. The van der Waals surface area contributed by atoms with Crippen molar-refractivity contribution < 1.29 is 14.6 Å². The molecule has 1 N–H and O–H groups in total. The van der Waals surface area contributed by atoms with Crippen molar-refractivity contribution in [1.29, 1.82) is 0 Å². The van der Waals surface area contributed by atoms with Crippen molar-refractivity contribution in [2.24, 2.45) is 46.3 Å². The summed E-state index contributed by atoms with van der Waals surface area (Å²) in [4.78, 5) is 11.6. The summed E-state index contributed by atoms with van der Waals surface area (Å²) in [5.41, 5.74) is 0.504. The van der Waals surface area contributed by atoms with Crippen LogP contribution in [0.1, 0.15) is 112 Å². The van der Waals surface area contributed by atoms with Crippen LogP contribution in [0.3, 0.4) is 0 Å². The molecule has 4 saturated carbocycles. The van der Waals surface area contributed by atoms with E-state index in [1.54, 1.807) is 0 Å². The largest absolute Gasteiger partial charge is 0.463 e. The van der Waals surface area contributed by atoms with Gasteiger partial charge < -0.3 is 9.84 Å². The van der Waals surface area contributed by atoms with Gasteiger partial charge in [0.1, 0.15) is 6.10 Å². The molecule has 10 atom stereocenters. The summed E-state index contributed by atoms with van der Waals surface area (Å²) in [6, 6.07) is 0. The first-order valence-electron chi connectivity index (χ1n) is 14.0. The van der Waals surface area contributed by atoms with Gasteiger partial charge in [-0.05, 0) is 91.3 Å². The van der Waals surface area contributed by atoms with Gasteiger partial charge in [-0.3, -0.25) is 4.79 Å². The molecular weight excluding hydrogens is 476 g/mol. The summed E-state index contributed by atoms with van der Waals surface area (Å²) in [6.45, 7) is 13.8. The number of alkyl halides is 1. The molecule has 0 aliphatic heterocycles. The Bertz CT molecular complexity index is 724. The van der Waals surface area contributed by atoms with E-state index >= 15 is 0 Å². The van der Waals surface area contributed by atoms with Crippen molar-refractivity contribution in [2.75, 3.05) is 0 Å². The molecule has 3 nitrogen and oxygen atoms in total. The molecule has 1 unspecified atom stereocenters. The van der Waals surface area contributed by atoms with Crippen molar-refractivity contribution in [3.05, 3.63) is 0 Å². The molecule has 4 fully saturated rings. The van der Waals surface area contributed by atoms with E-state index in [-0.39, 0.29) is 27.9 Å². The Morgan fingerprint density at radius 2 is 1.79 bits per heavy atom. The van der Waals surface area contributed by atoms with Crippen LogP contribution in [0.15, 0.2) is 0 Å². The van der Waals surface area contributed by atoms with Crippen LogP contribution < -0.4 is 0 Å². The van der Waals surface area contributed by atoms with Gasteiger partial charge in [-0.25, -0.2) is 0 Å². The maximum Gasteiger partial charge on any atom is 0.302 e. The van der Waals surface area contributed by atoms with Gasteiger partial charge in [0, 0.05) is 13.3 Å². The molecule has 33 heavy (non-hydrogen) atoms. The van der Waals surface area contributed by atoms with Gasteiger partial charge in [-0.1, -0.05) is 69.8 Å². The minimum Gasteiger partial charge on any atom is -0.463 e. The molecule has 0 spiro atoms. The third-order valence-corrected chi connectivity index (χ3v) is 13.0. The van der Waals surface area contributed by atoms with Crippen LogP contribution >= 0.6 is 15.9 Å². The molecule has 4 rings (SSSR count). The van der Waals surface area contributed by atoms with Crippen LogP contribution in [0, 0.1) is 46.3 Å². The first kappa shape index (κ1) is 26.0. The number of ether oxygens (including phenoxy) is 1. The summed E-state index contributed by atoms with van der Waals surface area (Å²) >= 11 is 4.11. The van der Waals surface area contributed by atoms with Crippen LogP contribution in [0.2, 0.25) is 0 Å². The van der Waals surface area contributed by atoms with Crippen molar-refractivity contribution in [2.45, 2.75) is 129 Å². The molecule has 0 heterocycles. The van der Waals surface area contributed by atoms with Gasteiger partial charge in [-0.2, -0.15) is 0 Å². The highest BCUT2D eigenvalue weighted by Gasteiger charge is 2.67. The lowest BCUT2D eigenvalue weighted by Gasteiger charge is -2.65. The maximum atomic E-state index is 11.6. The molecule has 0 saturated heterocycles. The fraction of sp³-hybridized carbons (Fsp3) is 0.966. The van der Waals surface area contributed by atoms with Crippen LogP contribution in [0.5, 0.6) is 0 Å². The van der Waals surface area contributed by atoms with Crippen LogP contribution in [0.4, 0.5) is 0 Å². The highest BCUT2D eigenvalue weighted by molar-refractivity contribution is 9.10. The predicted molar refractivity (Wildman–Crippen MR) is 138 cm³/mol. The Hall–Kier alpha value is -0.0900. The van der Waals surface area contributed by atoms with Crippen molar-refractivity contribution in [1.82, 2.24) is 0 Å². The minimum atomic E-state index is -0.369. The number of carbonyl (C=O) groups excluding carboxylic acids is 1. The summed E-state index contributed by atoms with van der Waals surface area (Å²) in [5, 5.41) is 11.6. The van der Waals surface area contributed by atoms with Gasteiger partial charge >= 0.3 is 5.97 Å². The number of carbonyl (C=O) groups is 1. The summed E-state index contributed by atoms with van der Waals surface area (Å²) in [7, 11) is 0. The molecule has 4 heteroatoms. The Morgan fingerprint density at radius 1 is 1.06 bits per heavy atom. The lowest BCUT2D eigenvalue weighted by molar-refractivity contribution is -0.170. The van der Waals surface area contributed by atoms with E-state index in [1.807, 2.05) is 0 Å². The first-order chi connectivity index (χ1) is 15.4. The topological polar surface area (TPSA) is 46.5 Å². The number of aliphatic hydroxyl groups excluding tert-OH is 1. The zero-order valence-corrected chi connectivity index (χ0v) is 23.6. The van der Waals surface area contributed by atoms with E-state index in [9.17, 15) is 9.90 Å². The average molecular weight is 526 g/mol. The standard InChI is InChI=1S/C29H49BrO3/c1-18(2)8-7-9-19(3)23-10-11-24-22-16-26(32)29(30)17-21(33-20(4)31)12-15-28(29,6)25(22)13-14-27(23,24)5/h18-19,21-26,32H,7-17H2,1-6H3/t19-,21-,22-,23?,24+,25+,26+,27+,28+,29+/m0/s1. The Kier molecular flexibility index (Phi) is 7.41. The van der Waals surface area contributed by atoms with Gasteiger partial charge in [0.2, 0.25) is 0 Å². The third-order valence-electron chi connectivity index (χ3n) is 11.3. The molecule has 4 aliphatic rings. The van der Waals surface area contributed by atoms with E-state index in [0.29, 0.717) is 17.3 Å². The Labute approximate surface area is 211 Å². The number of fused-ring (bicyclic) bond motifs is 5. The minimum absolute atomic E-state index is 0.0638. The molecule has 0 radical (unpaired) electrons. The van der Waals surface area contributed by atoms with E-state index in [1.165, 1.54) is 51.9 Å². The quantitative estimate of drug-likeness (QED) is 0.288. The molecule has 0 bridgehead atoms. The van der Waals surface area contributed by atoms with E-state index < -0.39 is 0 Å². The second-order valence-electron chi connectivity index (χ2n) is 13.4. The lowest BCUT2D eigenvalue weighted by Crippen LogP contribution is -2.66. The zero-order chi connectivity index (χ0) is 24.2. The number of halogens is 1. The summed E-state index contributed by atoms with van der Waals surface area (Å²) in [5.74, 6) is 4.31. The highest BCUT2D eigenvalue weighted by atomic mass is 79.9. The van der Waals surface area contributed by atoms with Gasteiger partial charge in [-0.15, -0.1) is 0 Å². The smallest absolute Gasteiger partial charge is 0.302 e. The molecule has 0 aromatic carbocycles. The van der Waals surface area contributed by atoms with Crippen LogP contribution in [-0.4, -0.2) is 27.6 Å². The van der Waals surface area contributed by atoms with Crippen LogP contribution in [0.25, 0.3) is 0 Å². The highest BCUT2D eigenvalue weighted by Crippen LogP contribution is 2.70. The fourth-order valence-corrected chi connectivity index (χ4v) is 10.6. The van der Waals surface area contributed by atoms with E-state index in [0.717, 1.165) is 49.4 Å². The Balaban J connectivity index is 1.51. The molecule has 190 valence electrons. The summed E-state index contributed by atoms with van der Waals surface area (Å²) in [6.07, 6.45) is 12.6. The molecular formula is C29H49BrO3. The average Bonchev–Trinajstić information content (AvgIpc) is 3.07.